The number of rotatable bonds is 8. The average Bonchev–Trinajstić information content (AvgIpc) is 3.09. The van der Waals surface area contributed by atoms with Crippen LogP contribution in [0.5, 0.6) is 0 Å². The lowest BCUT2D eigenvalue weighted by Crippen LogP contribution is -2.31. The van der Waals surface area contributed by atoms with E-state index in [4.69, 9.17) is 0 Å². The molecule has 2 aromatic rings. The lowest BCUT2D eigenvalue weighted by Gasteiger charge is -2.14. The van der Waals surface area contributed by atoms with E-state index < -0.39 is 0 Å². The van der Waals surface area contributed by atoms with Gasteiger partial charge in [-0.3, -0.25) is 4.79 Å². The van der Waals surface area contributed by atoms with Gasteiger partial charge < -0.3 is 10.6 Å². The van der Waals surface area contributed by atoms with E-state index in [1.807, 2.05) is 6.92 Å². The number of allylic oxidation sites excluding steroid dienone is 1. The van der Waals surface area contributed by atoms with Gasteiger partial charge in [-0.25, -0.2) is 4.39 Å². The van der Waals surface area contributed by atoms with Gasteiger partial charge in [-0.1, -0.05) is 40.8 Å². The van der Waals surface area contributed by atoms with Crippen molar-refractivity contribution in [1.82, 2.24) is 15.5 Å². The van der Waals surface area contributed by atoms with Gasteiger partial charge in [0, 0.05) is 12.2 Å². The Morgan fingerprint density at radius 3 is 3.04 bits per heavy atom. The van der Waals surface area contributed by atoms with Crippen LogP contribution in [0.4, 0.5) is 15.2 Å². The van der Waals surface area contributed by atoms with Crippen LogP contribution in [0.25, 0.3) is 0 Å². The molecule has 144 valence electrons. The number of amides is 1. The summed E-state index contributed by atoms with van der Waals surface area (Å²) in [6.07, 6.45) is 8.10. The molecule has 3 rings (SSSR count). The highest BCUT2D eigenvalue weighted by Gasteiger charge is 2.17. The first kappa shape index (κ1) is 19.8. The molecule has 0 bridgehead atoms. The summed E-state index contributed by atoms with van der Waals surface area (Å²) in [6.45, 7) is 2.54. The van der Waals surface area contributed by atoms with E-state index in [0.29, 0.717) is 21.7 Å². The Balaban J connectivity index is 1.44. The third kappa shape index (κ3) is 6.32. The molecule has 1 aromatic carbocycles. The highest BCUT2D eigenvalue weighted by Crippen LogP contribution is 2.30. The number of thioether (sulfide) groups is 1. The van der Waals surface area contributed by atoms with Crippen molar-refractivity contribution >= 4 is 39.8 Å². The number of halogens is 1. The Bertz CT molecular complexity index is 809. The molecule has 1 atom stereocenters. The number of nitrogens with one attached hydrogen (secondary N) is 2. The minimum atomic E-state index is -0.312. The van der Waals surface area contributed by atoms with Crippen LogP contribution in [0.1, 0.15) is 39.0 Å². The van der Waals surface area contributed by atoms with Crippen LogP contribution in [0.15, 0.2) is 40.3 Å². The maximum absolute atomic E-state index is 13.2. The number of benzene rings is 1. The molecule has 5 nitrogen and oxygen atoms in total. The first-order valence-corrected chi connectivity index (χ1v) is 10.8. The zero-order valence-electron chi connectivity index (χ0n) is 15.2. The minimum Gasteiger partial charge on any atom is -0.355 e. The molecule has 1 aliphatic carbocycles. The van der Waals surface area contributed by atoms with Gasteiger partial charge in [0.2, 0.25) is 11.0 Å². The normalized spacial score (nSPS) is 15.1. The molecule has 0 radical (unpaired) electrons. The van der Waals surface area contributed by atoms with E-state index in [9.17, 15) is 9.18 Å². The molecule has 8 heteroatoms. The van der Waals surface area contributed by atoms with Gasteiger partial charge in [0.05, 0.1) is 5.25 Å². The lowest BCUT2D eigenvalue weighted by molar-refractivity contribution is -0.120. The lowest BCUT2D eigenvalue weighted by atomic mass is 9.97. The predicted molar refractivity (Wildman–Crippen MR) is 109 cm³/mol. The summed E-state index contributed by atoms with van der Waals surface area (Å²) in [4.78, 5) is 12.3. The van der Waals surface area contributed by atoms with Crippen molar-refractivity contribution in [3.63, 3.8) is 0 Å². The van der Waals surface area contributed by atoms with Gasteiger partial charge in [0.15, 0.2) is 4.34 Å². The van der Waals surface area contributed by atoms with E-state index in [0.717, 1.165) is 12.8 Å². The summed E-state index contributed by atoms with van der Waals surface area (Å²) in [5.74, 6) is -0.306. The van der Waals surface area contributed by atoms with Crippen molar-refractivity contribution in [3.8, 4) is 0 Å². The van der Waals surface area contributed by atoms with E-state index in [1.54, 1.807) is 12.1 Å². The van der Waals surface area contributed by atoms with E-state index >= 15 is 0 Å². The quantitative estimate of drug-likeness (QED) is 0.482. The number of nitrogens with zero attached hydrogens (tertiary/aromatic N) is 2. The second-order valence-electron chi connectivity index (χ2n) is 6.42. The Kier molecular flexibility index (Phi) is 7.23. The van der Waals surface area contributed by atoms with Crippen LogP contribution in [-0.2, 0) is 4.79 Å². The number of anilines is 2. The van der Waals surface area contributed by atoms with Crippen LogP contribution >= 0.6 is 23.1 Å². The van der Waals surface area contributed by atoms with E-state index in [1.165, 1.54) is 60.1 Å². The van der Waals surface area contributed by atoms with Gasteiger partial charge in [-0.2, -0.15) is 0 Å². The van der Waals surface area contributed by atoms with E-state index in [-0.39, 0.29) is 17.0 Å². The molecule has 0 aliphatic heterocycles. The fourth-order valence-electron chi connectivity index (χ4n) is 2.82. The van der Waals surface area contributed by atoms with Gasteiger partial charge in [-0.15, -0.1) is 10.2 Å². The van der Waals surface area contributed by atoms with Crippen LogP contribution < -0.4 is 10.6 Å². The number of hydrogen-bond acceptors (Lipinski definition) is 6. The largest absolute Gasteiger partial charge is 0.355 e. The van der Waals surface area contributed by atoms with Crippen molar-refractivity contribution in [1.29, 1.82) is 0 Å². The molecular formula is C19H23FN4OS2. The van der Waals surface area contributed by atoms with Gasteiger partial charge in [0.1, 0.15) is 5.82 Å². The molecule has 1 amide bonds. The fourth-order valence-corrected chi connectivity index (χ4v) is 4.76. The molecule has 0 saturated carbocycles. The monoisotopic (exact) mass is 406 g/mol. The van der Waals surface area contributed by atoms with Crippen molar-refractivity contribution in [2.24, 2.45) is 0 Å². The third-order valence-electron chi connectivity index (χ3n) is 4.26. The Hall–Kier alpha value is -1.93. The van der Waals surface area contributed by atoms with Crippen molar-refractivity contribution in [2.45, 2.75) is 48.6 Å². The first-order valence-electron chi connectivity index (χ1n) is 9.08. The summed E-state index contributed by atoms with van der Waals surface area (Å²) in [5, 5.41) is 14.5. The fraction of sp³-hybridized carbons (Fsp3) is 0.421. The molecule has 1 heterocycles. The highest BCUT2D eigenvalue weighted by atomic mass is 32.2. The van der Waals surface area contributed by atoms with Crippen molar-refractivity contribution in [3.05, 3.63) is 41.7 Å². The number of aromatic nitrogens is 2. The second-order valence-corrected chi connectivity index (χ2v) is 8.98. The summed E-state index contributed by atoms with van der Waals surface area (Å²) in [6, 6.07) is 6.17. The Morgan fingerprint density at radius 2 is 2.26 bits per heavy atom. The highest BCUT2D eigenvalue weighted by molar-refractivity contribution is 8.02. The number of carbonyl (C=O) groups excluding carboxylic acids is 1. The Morgan fingerprint density at radius 1 is 1.37 bits per heavy atom. The number of hydrogen-bond donors (Lipinski definition) is 2. The molecular weight excluding hydrogens is 383 g/mol. The standard InChI is InChI=1S/C19H23FN4OS2/c1-13(17(25)21-11-10-14-6-3-2-4-7-14)26-19-24-23-18(27-19)22-16-9-5-8-15(20)12-16/h5-6,8-9,12-13H,2-4,7,10-11H2,1H3,(H,21,25)(H,22,23)/t13-/m1/s1. The zero-order valence-corrected chi connectivity index (χ0v) is 16.8. The summed E-state index contributed by atoms with van der Waals surface area (Å²) in [5.41, 5.74) is 2.07. The smallest absolute Gasteiger partial charge is 0.233 e. The predicted octanol–water partition coefficient (Wildman–Crippen LogP) is 4.91. The average molecular weight is 407 g/mol. The first-order chi connectivity index (χ1) is 13.1. The van der Waals surface area contributed by atoms with Gasteiger partial charge in [-0.05, 0) is 57.2 Å². The summed E-state index contributed by atoms with van der Waals surface area (Å²) < 4.78 is 13.9. The summed E-state index contributed by atoms with van der Waals surface area (Å²) in [7, 11) is 0. The van der Waals surface area contributed by atoms with E-state index in [2.05, 4.69) is 26.9 Å². The zero-order chi connectivity index (χ0) is 19.1. The maximum Gasteiger partial charge on any atom is 0.233 e. The number of carbonyl (C=O) groups is 1. The van der Waals surface area contributed by atoms with Crippen molar-refractivity contribution in [2.75, 3.05) is 11.9 Å². The third-order valence-corrected chi connectivity index (χ3v) is 6.28. The van der Waals surface area contributed by atoms with Gasteiger partial charge >= 0.3 is 0 Å². The van der Waals surface area contributed by atoms with Crippen LogP contribution in [0.2, 0.25) is 0 Å². The molecule has 0 unspecified atom stereocenters. The second kappa shape index (κ2) is 9.85. The Labute approximate surface area is 166 Å². The maximum atomic E-state index is 13.2. The molecule has 2 N–H and O–H groups in total. The molecule has 0 spiro atoms. The van der Waals surface area contributed by atoms with Crippen LogP contribution in [0, 0.1) is 5.82 Å². The molecule has 27 heavy (non-hydrogen) atoms. The molecule has 1 aliphatic rings. The van der Waals surface area contributed by atoms with Crippen LogP contribution in [-0.4, -0.2) is 27.9 Å². The van der Waals surface area contributed by atoms with Crippen LogP contribution in [0.3, 0.4) is 0 Å². The summed E-state index contributed by atoms with van der Waals surface area (Å²) >= 11 is 2.72. The molecule has 1 aromatic heterocycles. The molecule has 0 saturated heterocycles. The minimum absolute atomic E-state index is 0.00579. The van der Waals surface area contributed by atoms with Gasteiger partial charge in [0.25, 0.3) is 0 Å². The topological polar surface area (TPSA) is 66.9 Å². The van der Waals surface area contributed by atoms with Crippen molar-refractivity contribution < 1.29 is 9.18 Å². The SMILES string of the molecule is C[C@@H](Sc1nnc(Nc2cccc(F)c2)s1)C(=O)NCCC1=CCCCC1. The molecule has 0 fully saturated rings.